The first-order valence-electron chi connectivity index (χ1n) is 5.97. The first kappa shape index (κ1) is 15.2. The number of carbonyl (C=O) groups excluding carboxylic acids is 1. The molecule has 0 spiro atoms. The first-order valence-corrected chi connectivity index (χ1v) is 5.97. The number of hydrogen-bond acceptors (Lipinski definition) is 5. The van der Waals surface area contributed by atoms with Gasteiger partial charge >= 0.3 is 5.97 Å². The molecule has 0 aliphatic rings. The zero-order valence-electron chi connectivity index (χ0n) is 11.3. The predicted octanol–water partition coefficient (Wildman–Crippen LogP) is 1.40. The van der Waals surface area contributed by atoms with Gasteiger partial charge in [0.25, 0.3) is 0 Å². The lowest BCUT2D eigenvalue weighted by molar-refractivity contribution is 0.0602. The minimum Gasteiger partial charge on any atom is -0.465 e. The Hall–Kier alpha value is -1.82. The molecule has 0 aliphatic carbocycles. The molecule has 0 aliphatic heterocycles. The van der Waals surface area contributed by atoms with Crippen LogP contribution in [0.25, 0.3) is 0 Å². The van der Waals surface area contributed by atoms with Gasteiger partial charge in [-0.05, 0) is 26.0 Å². The average molecular weight is 270 g/mol. The summed E-state index contributed by atoms with van der Waals surface area (Å²) in [6, 6.07) is 2.41. The quantitative estimate of drug-likeness (QED) is 0.625. The molecule has 0 radical (unpaired) electrons. The minimum atomic E-state index is -0.619. The Morgan fingerprint density at radius 2 is 2.16 bits per heavy atom. The van der Waals surface area contributed by atoms with E-state index in [1.807, 2.05) is 13.8 Å². The Bertz CT molecular complexity index is 463. The van der Waals surface area contributed by atoms with Gasteiger partial charge in [-0.2, -0.15) is 0 Å². The molecule has 0 saturated heterocycles. The fourth-order valence-corrected chi connectivity index (χ4v) is 1.85. The van der Waals surface area contributed by atoms with Crippen LogP contribution in [0.5, 0.6) is 0 Å². The van der Waals surface area contributed by atoms with E-state index >= 15 is 0 Å². The van der Waals surface area contributed by atoms with Gasteiger partial charge in [0, 0.05) is 18.3 Å². The van der Waals surface area contributed by atoms with Crippen LogP contribution in [-0.2, 0) is 4.74 Å². The Morgan fingerprint density at radius 1 is 1.53 bits per heavy atom. The zero-order valence-corrected chi connectivity index (χ0v) is 11.3. The molecule has 0 amide bonds. The number of methoxy groups -OCH3 is 1. The second kappa shape index (κ2) is 6.38. The van der Waals surface area contributed by atoms with Crippen LogP contribution in [0, 0.1) is 5.82 Å². The van der Waals surface area contributed by atoms with Gasteiger partial charge in [0.05, 0.1) is 25.0 Å². The van der Waals surface area contributed by atoms with Crippen molar-refractivity contribution >= 4 is 17.3 Å². The average Bonchev–Trinajstić information content (AvgIpc) is 2.35. The van der Waals surface area contributed by atoms with E-state index in [9.17, 15) is 9.18 Å². The normalized spacial score (nSPS) is 10.6. The molecule has 0 heterocycles. The molecule has 5 nitrogen and oxygen atoms in total. The van der Waals surface area contributed by atoms with E-state index in [1.54, 1.807) is 4.90 Å². The number of aliphatic hydroxyl groups is 1. The molecule has 1 rings (SSSR count). The zero-order chi connectivity index (χ0) is 14.6. The Labute approximate surface area is 111 Å². The molecule has 6 heteroatoms. The van der Waals surface area contributed by atoms with Crippen LogP contribution in [0.4, 0.5) is 15.8 Å². The lowest BCUT2D eigenvalue weighted by Crippen LogP contribution is -2.34. The third kappa shape index (κ3) is 3.35. The highest BCUT2D eigenvalue weighted by atomic mass is 19.1. The van der Waals surface area contributed by atoms with Gasteiger partial charge in [-0.1, -0.05) is 0 Å². The molecule has 0 unspecified atom stereocenters. The smallest absolute Gasteiger partial charge is 0.340 e. The molecule has 0 aromatic heterocycles. The fourth-order valence-electron chi connectivity index (χ4n) is 1.85. The van der Waals surface area contributed by atoms with Crippen molar-refractivity contribution in [1.29, 1.82) is 0 Å². The van der Waals surface area contributed by atoms with Crippen molar-refractivity contribution < 1.29 is 19.0 Å². The highest BCUT2D eigenvalue weighted by Gasteiger charge is 2.20. The van der Waals surface area contributed by atoms with E-state index in [0.717, 1.165) is 6.07 Å². The number of anilines is 2. The van der Waals surface area contributed by atoms with Crippen molar-refractivity contribution in [3.63, 3.8) is 0 Å². The Morgan fingerprint density at radius 3 is 2.63 bits per heavy atom. The number of aliphatic hydroxyl groups excluding tert-OH is 1. The van der Waals surface area contributed by atoms with Crippen LogP contribution in [0.1, 0.15) is 24.2 Å². The maximum atomic E-state index is 14.0. The molecule has 0 saturated carbocycles. The van der Waals surface area contributed by atoms with E-state index in [0.29, 0.717) is 0 Å². The summed E-state index contributed by atoms with van der Waals surface area (Å²) < 4.78 is 18.6. The maximum absolute atomic E-state index is 14.0. The summed E-state index contributed by atoms with van der Waals surface area (Å²) in [7, 11) is 1.23. The molecule has 106 valence electrons. The van der Waals surface area contributed by atoms with Crippen LogP contribution in [0.15, 0.2) is 12.1 Å². The summed E-state index contributed by atoms with van der Waals surface area (Å²) in [6.45, 7) is 3.88. The minimum absolute atomic E-state index is 0.0285. The van der Waals surface area contributed by atoms with Crippen molar-refractivity contribution in [3.05, 3.63) is 23.5 Å². The standard InChI is InChI=1S/C13H19FN2O3/c1-8(2)16(4-5-17)12-6-9(13(18)19-3)11(15)7-10(12)14/h6-8,17H,4-5,15H2,1-3H3. The van der Waals surface area contributed by atoms with Crippen molar-refractivity contribution in [2.45, 2.75) is 19.9 Å². The van der Waals surface area contributed by atoms with Gasteiger partial charge in [0.2, 0.25) is 0 Å². The number of hydrogen-bond donors (Lipinski definition) is 2. The monoisotopic (exact) mass is 270 g/mol. The number of ether oxygens (including phenoxy) is 1. The second-order valence-corrected chi connectivity index (χ2v) is 4.39. The van der Waals surface area contributed by atoms with Gasteiger partial charge in [-0.25, -0.2) is 9.18 Å². The summed E-state index contributed by atoms with van der Waals surface area (Å²) in [5, 5.41) is 9.04. The van der Waals surface area contributed by atoms with Gasteiger partial charge < -0.3 is 20.5 Å². The number of benzene rings is 1. The molecule has 1 aromatic carbocycles. The van der Waals surface area contributed by atoms with E-state index in [-0.39, 0.29) is 36.1 Å². The van der Waals surface area contributed by atoms with Crippen LogP contribution in [-0.4, -0.2) is 37.4 Å². The molecular weight excluding hydrogens is 251 g/mol. The molecule has 1 aromatic rings. The van der Waals surface area contributed by atoms with Crippen molar-refractivity contribution in [2.24, 2.45) is 0 Å². The first-order chi connectivity index (χ1) is 8.92. The number of carbonyl (C=O) groups is 1. The fraction of sp³-hybridized carbons (Fsp3) is 0.462. The third-order valence-corrected chi connectivity index (χ3v) is 2.80. The number of halogens is 1. The highest BCUT2D eigenvalue weighted by molar-refractivity contribution is 5.96. The summed E-state index contributed by atoms with van der Waals surface area (Å²) in [4.78, 5) is 13.2. The van der Waals surface area contributed by atoms with E-state index in [4.69, 9.17) is 10.8 Å². The molecule has 0 bridgehead atoms. The van der Waals surface area contributed by atoms with Gasteiger partial charge in [-0.3, -0.25) is 0 Å². The Balaban J connectivity index is 3.29. The molecule has 19 heavy (non-hydrogen) atoms. The third-order valence-electron chi connectivity index (χ3n) is 2.80. The van der Waals surface area contributed by atoms with Gasteiger partial charge in [0.1, 0.15) is 5.82 Å². The van der Waals surface area contributed by atoms with E-state index in [1.165, 1.54) is 13.2 Å². The molecule has 0 fully saturated rings. The molecule has 0 atom stereocenters. The summed E-state index contributed by atoms with van der Waals surface area (Å²) >= 11 is 0. The number of esters is 1. The summed E-state index contributed by atoms with van der Waals surface area (Å²) in [5.74, 6) is -1.15. The van der Waals surface area contributed by atoms with E-state index in [2.05, 4.69) is 4.74 Å². The van der Waals surface area contributed by atoms with Crippen molar-refractivity contribution in [1.82, 2.24) is 0 Å². The topological polar surface area (TPSA) is 75.8 Å². The van der Waals surface area contributed by atoms with E-state index < -0.39 is 11.8 Å². The largest absolute Gasteiger partial charge is 0.465 e. The SMILES string of the molecule is COC(=O)c1cc(N(CCO)C(C)C)c(F)cc1N. The van der Waals surface area contributed by atoms with Crippen molar-refractivity contribution in [2.75, 3.05) is 30.9 Å². The number of nitrogens with two attached hydrogens (primary N) is 1. The lowest BCUT2D eigenvalue weighted by atomic mass is 10.1. The summed E-state index contributed by atoms with van der Waals surface area (Å²) in [6.07, 6.45) is 0. The van der Waals surface area contributed by atoms with Crippen molar-refractivity contribution in [3.8, 4) is 0 Å². The predicted molar refractivity (Wildman–Crippen MR) is 71.7 cm³/mol. The Kier molecular flexibility index (Phi) is 5.11. The number of nitrogen functional groups attached to an aromatic ring is 1. The van der Waals surface area contributed by atoms with Crippen LogP contribution >= 0.6 is 0 Å². The summed E-state index contributed by atoms with van der Waals surface area (Å²) in [5.41, 5.74) is 5.97. The number of nitrogens with zero attached hydrogens (tertiary/aromatic N) is 1. The van der Waals surface area contributed by atoms with Crippen LogP contribution in [0.3, 0.4) is 0 Å². The van der Waals surface area contributed by atoms with Gasteiger partial charge in [0.15, 0.2) is 0 Å². The lowest BCUT2D eigenvalue weighted by Gasteiger charge is -2.29. The highest BCUT2D eigenvalue weighted by Crippen LogP contribution is 2.27. The molecular formula is C13H19FN2O3. The van der Waals surface area contributed by atoms with Gasteiger partial charge in [-0.15, -0.1) is 0 Å². The van der Waals surface area contributed by atoms with Crippen LogP contribution in [0.2, 0.25) is 0 Å². The molecule has 3 N–H and O–H groups in total. The maximum Gasteiger partial charge on any atom is 0.340 e. The second-order valence-electron chi connectivity index (χ2n) is 4.39. The van der Waals surface area contributed by atoms with Crippen LogP contribution < -0.4 is 10.6 Å². The number of rotatable bonds is 5.